The fourth-order valence-electron chi connectivity index (χ4n) is 3.88. The normalized spacial score (nSPS) is 13.0. The van der Waals surface area contributed by atoms with Crippen LogP contribution < -0.4 is 14.8 Å². The number of benzene rings is 3. The van der Waals surface area contributed by atoms with Crippen molar-refractivity contribution in [2.24, 2.45) is 0 Å². The van der Waals surface area contributed by atoms with Gasteiger partial charge in [0.05, 0.1) is 12.0 Å². The van der Waals surface area contributed by atoms with Gasteiger partial charge >= 0.3 is 13.3 Å². The van der Waals surface area contributed by atoms with E-state index >= 15 is 0 Å². The van der Waals surface area contributed by atoms with E-state index in [4.69, 9.17) is 14.5 Å². The highest BCUT2D eigenvalue weighted by Crippen LogP contribution is 2.59. The summed E-state index contributed by atoms with van der Waals surface area (Å²) in [5.74, 6) is -0.169. The van der Waals surface area contributed by atoms with Gasteiger partial charge in [0.2, 0.25) is 15.9 Å². The maximum Gasteiger partial charge on any atom is 0.399 e. The third-order valence-electron chi connectivity index (χ3n) is 6.12. The predicted molar refractivity (Wildman–Crippen MR) is 146 cm³/mol. The second-order valence-corrected chi connectivity index (χ2v) is 12.4. The smallest absolute Gasteiger partial charge is 0.399 e. The molecule has 0 aliphatic heterocycles. The van der Waals surface area contributed by atoms with Crippen LogP contribution in [0.15, 0.2) is 83.8 Å². The van der Waals surface area contributed by atoms with Gasteiger partial charge in [0, 0.05) is 12.1 Å². The average molecular weight is 597 g/mol. The Bertz CT molecular complexity index is 1420. The van der Waals surface area contributed by atoms with E-state index in [9.17, 15) is 26.6 Å². The van der Waals surface area contributed by atoms with Gasteiger partial charge in [0.25, 0.3) is 0 Å². The van der Waals surface area contributed by atoms with E-state index in [1.54, 1.807) is 0 Å². The number of carbonyl (C=O) groups excluding carboxylic acids is 1. The molecule has 0 aromatic heterocycles. The molecule has 0 saturated carbocycles. The molecule has 0 aliphatic carbocycles. The van der Waals surface area contributed by atoms with Crippen molar-refractivity contribution in [1.82, 2.24) is 10.0 Å². The monoisotopic (exact) mass is 596 g/mol. The highest BCUT2D eigenvalue weighted by molar-refractivity contribution is 7.89. The number of carbonyl (C=O) groups is 1. The van der Waals surface area contributed by atoms with Crippen LogP contribution in [0.5, 0.6) is 5.75 Å². The Morgan fingerprint density at radius 1 is 0.950 bits per heavy atom. The van der Waals surface area contributed by atoms with E-state index < -0.39 is 40.8 Å². The third kappa shape index (κ3) is 8.42. The van der Waals surface area contributed by atoms with Crippen LogP contribution in [0.1, 0.15) is 29.5 Å². The number of sulfonamides is 1. The van der Waals surface area contributed by atoms with E-state index in [1.807, 2.05) is 30.3 Å². The third-order valence-corrected chi connectivity index (χ3v) is 8.60. The molecule has 9 nitrogen and oxygen atoms in total. The fraction of sp³-hybridized carbons (Fsp3) is 0.296. The Balaban J connectivity index is 1.73. The summed E-state index contributed by atoms with van der Waals surface area (Å²) in [5.41, 5.74) is -3.83. The van der Waals surface area contributed by atoms with Crippen LogP contribution in [0, 0.1) is 0 Å². The largest absolute Gasteiger partial charge is 0.497 e. The molecule has 0 aliphatic rings. The van der Waals surface area contributed by atoms with E-state index in [1.165, 1.54) is 43.5 Å². The summed E-state index contributed by atoms with van der Waals surface area (Å²) >= 11 is 0. The Hall–Kier alpha value is -3.15. The minimum atomic E-state index is -5.75. The van der Waals surface area contributed by atoms with Crippen molar-refractivity contribution in [2.45, 2.75) is 42.3 Å². The summed E-state index contributed by atoms with van der Waals surface area (Å²) < 4.78 is 72.8. The van der Waals surface area contributed by atoms with Crippen LogP contribution in [0.3, 0.4) is 0 Å². The Morgan fingerprint density at radius 2 is 1.57 bits per heavy atom. The number of hydrogen-bond acceptors (Lipinski definition) is 5. The van der Waals surface area contributed by atoms with Gasteiger partial charge in [0.15, 0.2) is 0 Å². The molecule has 0 saturated heterocycles. The number of rotatable bonds is 14. The molecular formula is C27H31F2N2O7PS. The molecule has 3 aromatic rings. The molecule has 13 heteroatoms. The Labute approximate surface area is 231 Å². The molecular weight excluding hydrogens is 565 g/mol. The fourth-order valence-corrected chi connectivity index (χ4v) is 5.56. The first-order valence-electron chi connectivity index (χ1n) is 12.3. The van der Waals surface area contributed by atoms with Gasteiger partial charge in [-0.05, 0) is 61.1 Å². The zero-order valence-corrected chi connectivity index (χ0v) is 23.4. The summed E-state index contributed by atoms with van der Waals surface area (Å²) in [6.07, 6.45) is 2.05. The highest BCUT2D eigenvalue weighted by atomic mass is 32.2. The van der Waals surface area contributed by atoms with Crippen LogP contribution in [0.2, 0.25) is 0 Å². The van der Waals surface area contributed by atoms with Gasteiger partial charge in [-0.3, -0.25) is 9.36 Å². The lowest BCUT2D eigenvalue weighted by atomic mass is 10.0. The van der Waals surface area contributed by atoms with Gasteiger partial charge in [-0.2, -0.15) is 13.5 Å². The number of nitrogens with one attached hydrogen (secondary N) is 2. The number of alkyl halides is 2. The first kappa shape index (κ1) is 31.4. The van der Waals surface area contributed by atoms with Gasteiger partial charge < -0.3 is 19.8 Å². The molecule has 4 N–H and O–H groups in total. The zero-order chi connectivity index (χ0) is 29.4. The number of ether oxygens (including phenoxy) is 1. The molecule has 1 amide bonds. The number of halogens is 2. The Kier molecular flexibility index (Phi) is 10.6. The maximum absolute atomic E-state index is 14.0. The van der Waals surface area contributed by atoms with Gasteiger partial charge in [0.1, 0.15) is 11.8 Å². The zero-order valence-electron chi connectivity index (χ0n) is 21.7. The van der Waals surface area contributed by atoms with Crippen molar-refractivity contribution in [3.8, 4) is 5.75 Å². The number of aryl methyl sites for hydroxylation is 1. The van der Waals surface area contributed by atoms with Crippen molar-refractivity contribution in [3.63, 3.8) is 0 Å². The number of amides is 1. The van der Waals surface area contributed by atoms with Crippen LogP contribution in [-0.4, -0.2) is 43.8 Å². The number of methoxy groups -OCH3 is 1. The lowest BCUT2D eigenvalue weighted by Gasteiger charge is -2.20. The first-order valence-corrected chi connectivity index (χ1v) is 15.4. The van der Waals surface area contributed by atoms with Crippen molar-refractivity contribution in [3.05, 3.63) is 95.6 Å². The van der Waals surface area contributed by atoms with E-state index in [0.29, 0.717) is 24.3 Å². The predicted octanol–water partition coefficient (Wildman–Crippen LogP) is 3.95. The van der Waals surface area contributed by atoms with Crippen LogP contribution in [-0.2, 0) is 37.9 Å². The summed E-state index contributed by atoms with van der Waals surface area (Å²) in [7, 11) is -8.48. The Morgan fingerprint density at radius 3 is 2.15 bits per heavy atom. The summed E-state index contributed by atoms with van der Waals surface area (Å²) in [4.78, 5) is 30.9. The summed E-state index contributed by atoms with van der Waals surface area (Å²) in [6.45, 7) is 0.292. The summed E-state index contributed by atoms with van der Waals surface area (Å²) in [5, 5.41) is 2.73. The van der Waals surface area contributed by atoms with Crippen LogP contribution >= 0.6 is 7.60 Å². The molecule has 216 valence electrons. The second kappa shape index (κ2) is 13.5. The van der Waals surface area contributed by atoms with Crippen LogP contribution in [0.4, 0.5) is 8.78 Å². The number of hydrogen-bond donors (Lipinski definition) is 4. The van der Waals surface area contributed by atoms with E-state index in [2.05, 4.69) is 10.0 Å². The van der Waals surface area contributed by atoms with Crippen molar-refractivity contribution >= 4 is 23.5 Å². The molecule has 0 spiro atoms. The summed E-state index contributed by atoms with van der Waals surface area (Å²) in [6, 6.07) is 18.1. The van der Waals surface area contributed by atoms with Crippen molar-refractivity contribution in [1.29, 1.82) is 0 Å². The van der Waals surface area contributed by atoms with Crippen LogP contribution in [0.25, 0.3) is 0 Å². The first-order chi connectivity index (χ1) is 18.8. The lowest BCUT2D eigenvalue weighted by Crippen LogP contribution is -2.48. The molecule has 3 aromatic carbocycles. The average Bonchev–Trinajstić information content (AvgIpc) is 2.92. The molecule has 3 rings (SSSR count). The molecule has 40 heavy (non-hydrogen) atoms. The lowest BCUT2D eigenvalue weighted by molar-refractivity contribution is -0.122. The second-order valence-electron chi connectivity index (χ2n) is 9.07. The van der Waals surface area contributed by atoms with E-state index in [-0.39, 0.29) is 11.3 Å². The topological polar surface area (TPSA) is 142 Å². The molecule has 0 radical (unpaired) electrons. The van der Waals surface area contributed by atoms with E-state index in [0.717, 1.165) is 30.5 Å². The molecule has 0 fully saturated rings. The van der Waals surface area contributed by atoms with Gasteiger partial charge in [-0.25, -0.2) is 8.42 Å². The number of unbranched alkanes of at least 4 members (excludes halogenated alkanes) is 1. The molecule has 1 unspecified atom stereocenters. The van der Waals surface area contributed by atoms with Gasteiger partial charge in [-0.15, -0.1) is 0 Å². The van der Waals surface area contributed by atoms with Crippen molar-refractivity contribution in [2.75, 3.05) is 13.7 Å². The van der Waals surface area contributed by atoms with Gasteiger partial charge in [-0.1, -0.05) is 54.6 Å². The molecule has 0 heterocycles. The minimum Gasteiger partial charge on any atom is -0.497 e. The quantitative estimate of drug-likeness (QED) is 0.163. The SMILES string of the molecule is COc1ccc(S(=O)(=O)NC(Cc2ccc(C(F)(F)P(=O)(O)O)cc2)C(=O)NCCCCc2ccccc2)cc1. The molecule has 0 bridgehead atoms. The molecule has 1 atom stereocenters. The standard InChI is InChI=1S/C27H31F2N2O7PS/c1-38-23-14-16-24(17-15-23)40(36,37)31-25(26(32)30-18-6-5-9-20-7-3-2-4-8-20)19-21-10-12-22(13-11-21)27(28,29)39(33,34)35/h2-4,7-8,10-17,25,31H,5-6,9,18-19H2,1H3,(H,30,32)(H2,33,34,35). The maximum atomic E-state index is 14.0. The highest BCUT2D eigenvalue weighted by Gasteiger charge is 2.50. The minimum absolute atomic E-state index is 0.106. The van der Waals surface area contributed by atoms with Crippen molar-refractivity contribution < 1.29 is 41.1 Å².